The topological polar surface area (TPSA) is 198 Å². The minimum atomic E-state index is -1.29. The monoisotopic (exact) mass is 711 g/mol. The lowest BCUT2D eigenvalue weighted by atomic mass is 9.89. The van der Waals surface area contributed by atoms with Gasteiger partial charge in [0.05, 0.1) is 18.2 Å². The van der Waals surface area contributed by atoms with E-state index in [0.29, 0.717) is 11.3 Å². The molecular formula is C36H49N5O8S. The molecule has 1 fully saturated rings. The van der Waals surface area contributed by atoms with Crippen molar-refractivity contribution in [3.8, 4) is 5.75 Å². The Balaban J connectivity index is 1.76. The van der Waals surface area contributed by atoms with Gasteiger partial charge in [-0.15, -0.1) is 0 Å². The van der Waals surface area contributed by atoms with Crippen LogP contribution in [-0.4, -0.2) is 93.4 Å². The van der Waals surface area contributed by atoms with Crippen LogP contribution in [0.3, 0.4) is 0 Å². The number of aliphatic imine (C=N–C) groups is 1. The van der Waals surface area contributed by atoms with E-state index in [1.807, 2.05) is 6.07 Å². The molecule has 1 saturated carbocycles. The number of nitrogens with one attached hydrogen (secondary N) is 2. The summed E-state index contributed by atoms with van der Waals surface area (Å²) in [6.07, 6.45) is 6.27. The standard InChI is InChI=1S/C36H49N5O8S/c1-24(37)38-30(22-26-14-16-28(17-15-26)49-36(47)27-12-8-5-9-13-27)34(45)39-29(19-21-50(3)48)33(44)40-31(23-25-10-6-4-7-11-25)35(46)41(2)20-18-32(42)43/h4,6-7,10-11,14-17,27,29-31H,5,8-9,12-13,18-23H2,1-3H3,(H2,37,38)(H,39,45)(H,40,44)(H,42,43)/t29-,30+,31+,50?/m1/s1. The number of carboxylic acids is 1. The molecule has 0 aliphatic heterocycles. The molecule has 50 heavy (non-hydrogen) atoms. The number of esters is 1. The van der Waals surface area contributed by atoms with Gasteiger partial charge in [-0.3, -0.25) is 33.2 Å². The van der Waals surface area contributed by atoms with Crippen LogP contribution >= 0.6 is 0 Å². The molecule has 3 amide bonds. The van der Waals surface area contributed by atoms with E-state index in [4.69, 9.17) is 15.6 Å². The minimum Gasteiger partial charge on any atom is -0.481 e. The molecule has 1 unspecified atom stereocenters. The Labute approximate surface area is 295 Å². The summed E-state index contributed by atoms with van der Waals surface area (Å²) < 4.78 is 17.6. The van der Waals surface area contributed by atoms with E-state index in [1.165, 1.54) is 18.2 Å². The lowest BCUT2D eigenvalue weighted by Crippen LogP contribution is -2.56. The average Bonchev–Trinajstić information content (AvgIpc) is 3.09. The number of aliphatic carboxylic acids is 1. The Hall–Kier alpha value is -4.59. The van der Waals surface area contributed by atoms with Crippen LogP contribution in [0.2, 0.25) is 0 Å². The smallest absolute Gasteiger partial charge is 0.314 e. The highest BCUT2D eigenvalue weighted by Crippen LogP contribution is 2.26. The number of benzene rings is 2. The summed E-state index contributed by atoms with van der Waals surface area (Å²) in [6, 6.07) is 12.5. The minimum absolute atomic E-state index is 0.0148. The fourth-order valence-corrected chi connectivity index (χ4v) is 6.25. The highest BCUT2D eigenvalue weighted by atomic mass is 32.2. The van der Waals surface area contributed by atoms with Crippen molar-refractivity contribution in [3.05, 3.63) is 65.7 Å². The number of hydrogen-bond acceptors (Lipinski definition) is 8. The second-order valence-corrected chi connectivity index (χ2v) is 14.2. The Bertz CT molecular complexity index is 1510. The molecule has 0 bridgehead atoms. The zero-order valence-electron chi connectivity index (χ0n) is 29.0. The number of carbonyl (C=O) groups excluding carboxylic acids is 4. The van der Waals surface area contributed by atoms with E-state index in [0.717, 1.165) is 37.7 Å². The Kier molecular flexibility index (Phi) is 16.1. The first-order chi connectivity index (χ1) is 23.8. The molecule has 4 atom stereocenters. The number of ether oxygens (including phenoxy) is 1. The molecule has 0 saturated heterocycles. The van der Waals surface area contributed by atoms with E-state index in [1.54, 1.807) is 55.5 Å². The third kappa shape index (κ3) is 13.7. The van der Waals surface area contributed by atoms with Gasteiger partial charge in [0.1, 0.15) is 23.9 Å². The molecule has 13 nitrogen and oxygen atoms in total. The van der Waals surface area contributed by atoms with Crippen LogP contribution in [0.15, 0.2) is 59.6 Å². The van der Waals surface area contributed by atoms with Crippen molar-refractivity contribution in [2.24, 2.45) is 16.6 Å². The second-order valence-electron chi connectivity index (χ2n) is 12.7. The lowest BCUT2D eigenvalue weighted by molar-refractivity contribution is -0.140. The summed E-state index contributed by atoms with van der Waals surface area (Å²) in [5, 5.41) is 14.6. The average molecular weight is 712 g/mol. The van der Waals surface area contributed by atoms with E-state index in [-0.39, 0.29) is 55.7 Å². The van der Waals surface area contributed by atoms with E-state index in [2.05, 4.69) is 15.6 Å². The molecule has 0 heterocycles. The molecule has 0 spiro atoms. The van der Waals surface area contributed by atoms with Crippen molar-refractivity contribution in [3.63, 3.8) is 0 Å². The fourth-order valence-electron chi connectivity index (χ4n) is 5.68. The number of carbonyl (C=O) groups is 5. The highest BCUT2D eigenvalue weighted by Gasteiger charge is 2.31. The number of hydrogen-bond donors (Lipinski definition) is 4. The summed E-state index contributed by atoms with van der Waals surface area (Å²) >= 11 is 0. The SMILES string of the molecule is CC(N)=N[C@@H](Cc1ccc(OC(=O)C2CCCCC2)cc1)C(=O)N[C@H](CCS(C)=O)C(=O)N[C@@H](Cc1ccccc1)C(=O)N(C)CCC(=O)O. The first-order valence-electron chi connectivity index (χ1n) is 16.8. The molecule has 1 aliphatic rings. The number of nitrogens with zero attached hydrogens (tertiary/aromatic N) is 2. The number of amides is 3. The van der Waals surface area contributed by atoms with Gasteiger partial charge in [-0.05, 0) is 49.4 Å². The van der Waals surface area contributed by atoms with E-state index >= 15 is 0 Å². The van der Waals surface area contributed by atoms with Crippen LogP contribution in [0.5, 0.6) is 5.75 Å². The van der Waals surface area contributed by atoms with Crippen LogP contribution in [0.4, 0.5) is 0 Å². The largest absolute Gasteiger partial charge is 0.481 e. The lowest BCUT2D eigenvalue weighted by Gasteiger charge is -2.27. The van der Waals surface area contributed by atoms with E-state index < -0.39 is 52.6 Å². The van der Waals surface area contributed by atoms with Crippen molar-refractivity contribution >= 4 is 46.3 Å². The van der Waals surface area contributed by atoms with Crippen LogP contribution < -0.4 is 21.1 Å². The molecule has 2 aromatic carbocycles. The van der Waals surface area contributed by atoms with Gasteiger partial charge in [0.25, 0.3) is 0 Å². The summed E-state index contributed by atoms with van der Waals surface area (Å²) in [6.45, 7) is 1.48. The fraction of sp³-hybridized carbons (Fsp3) is 0.500. The van der Waals surface area contributed by atoms with Crippen molar-refractivity contribution in [2.45, 2.75) is 82.8 Å². The predicted molar refractivity (Wildman–Crippen MR) is 191 cm³/mol. The summed E-state index contributed by atoms with van der Waals surface area (Å²) in [5.41, 5.74) is 7.35. The quantitative estimate of drug-likeness (QED) is 0.0777. The van der Waals surface area contributed by atoms with Crippen LogP contribution in [0.1, 0.15) is 63.0 Å². The van der Waals surface area contributed by atoms with Gasteiger partial charge in [-0.1, -0.05) is 61.7 Å². The number of nitrogens with two attached hydrogens (primary N) is 1. The summed E-state index contributed by atoms with van der Waals surface area (Å²) in [7, 11) is 0.168. The molecule has 2 aromatic rings. The van der Waals surface area contributed by atoms with Crippen molar-refractivity contribution < 1.29 is 38.0 Å². The van der Waals surface area contributed by atoms with Gasteiger partial charge in [0.2, 0.25) is 17.7 Å². The maximum absolute atomic E-state index is 13.7. The van der Waals surface area contributed by atoms with Gasteiger partial charge in [0.15, 0.2) is 0 Å². The Morgan fingerprint density at radius 2 is 1.56 bits per heavy atom. The third-order valence-electron chi connectivity index (χ3n) is 8.43. The summed E-state index contributed by atoms with van der Waals surface area (Å²) in [5.74, 6) is -2.52. The highest BCUT2D eigenvalue weighted by molar-refractivity contribution is 7.84. The molecular weight excluding hydrogens is 662 g/mol. The maximum Gasteiger partial charge on any atom is 0.314 e. The van der Waals surface area contributed by atoms with Gasteiger partial charge >= 0.3 is 11.9 Å². The molecule has 0 radical (unpaired) electrons. The first kappa shape index (κ1) is 39.8. The van der Waals surface area contributed by atoms with Gasteiger partial charge in [0, 0.05) is 49.2 Å². The van der Waals surface area contributed by atoms with Gasteiger partial charge in [-0.2, -0.15) is 0 Å². The van der Waals surface area contributed by atoms with Crippen LogP contribution in [0.25, 0.3) is 0 Å². The molecule has 1 aliphatic carbocycles. The number of amidine groups is 1. The Morgan fingerprint density at radius 3 is 2.16 bits per heavy atom. The van der Waals surface area contributed by atoms with Crippen LogP contribution in [-0.2, 0) is 47.6 Å². The maximum atomic E-state index is 13.7. The van der Waals surface area contributed by atoms with Crippen molar-refractivity contribution in [1.29, 1.82) is 0 Å². The van der Waals surface area contributed by atoms with E-state index in [9.17, 15) is 28.2 Å². The molecule has 0 aromatic heterocycles. The second kappa shape index (κ2) is 20.2. The summed E-state index contributed by atoms with van der Waals surface area (Å²) in [4.78, 5) is 70.1. The predicted octanol–water partition coefficient (Wildman–Crippen LogP) is 2.37. The number of rotatable bonds is 18. The first-order valence-corrected chi connectivity index (χ1v) is 18.6. The number of carboxylic acid groups (broad SMARTS) is 1. The molecule has 14 heteroatoms. The van der Waals surface area contributed by atoms with Crippen molar-refractivity contribution in [2.75, 3.05) is 25.6 Å². The normalized spacial score (nSPS) is 15.9. The van der Waals surface area contributed by atoms with Gasteiger partial charge in [-0.25, -0.2) is 0 Å². The molecule has 272 valence electrons. The molecule has 3 rings (SSSR count). The Morgan fingerprint density at radius 1 is 0.940 bits per heavy atom. The van der Waals surface area contributed by atoms with Crippen LogP contribution in [0, 0.1) is 5.92 Å². The molecule has 5 N–H and O–H groups in total. The zero-order valence-corrected chi connectivity index (χ0v) is 29.8. The number of likely N-dealkylation sites (N-methyl/N-ethyl adjacent to an activating group) is 1. The van der Waals surface area contributed by atoms with Gasteiger partial charge < -0.3 is 31.1 Å². The van der Waals surface area contributed by atoms with Crippen molar-refractivity contribution in [1.82, 2.24) is 15.5 Å². The third-order valence-corrected chi connectivity index (χ3v) is 9.24. The zero-order chi connectivity index (χ0) is 36.6.